The third-order valence-electron chi connectivity index (χ3n) is 3.17. The van der Waals surface area contributed by atoms with Crippen LogP contribution in [0.2, 0.25) is 5.02 Å². The molecule has 1 aromatic carbocycles. The van der Waals surface area contributed by atoms with E-state index < -0.39 is 0 Å². The van der Waals surface area contributed by atoms with E-state index in [0.29, 0.717) is 17.5 Å². The van der Waals surface area contributed by atoms with Gasteiger partial charge in [0.25, 0.3) is 0 Å². The molecule has 94 valence electrons. The molecule has 1 fully saturated rings. The van der Waals surface area contributed by atoms with Crippen LogP contribution in [0.15, 0.2) is 18.2 Å². The molecule has 0 spiro atoms. The predicted molar refractivity (Wildman–Crippen MR) is 68.4 cm³/mol. The van der Waals surface area contributed by atoms with Crippen LogP contribution in [0, 0.1) is 11.7 Å². The highest BCUT2D eigenvalue weighted by Crippen LogP contribution is 2.22. The van der Waals surface area contributed by atoms with E-state index in [0.717, 1.165) is 25.1 Å². The van der Waals surface area contributed by atoms with Gasteiger partial charge in [-0.3, -0.25) is 4.90 Å². The number of piperidine rings is 1. The van der Waals surface area contributed by atoms with Gasteiger partial charge in [-0.05, 0) is 36.1 Å². The lowest BCUT2D eigenvalue weighted by molar-refractivity contribution is 0.158. The number of halogens is 2. The average molecular weight is 257 g/mol. The second-order valence-corrected chi connectivity index (χ2v) is 5.44. The van der Waals surface area contributed by atoms with Crippen LogP contribution in [0.3, 0.4) is 0 Å². The second kappa shape index (κ2) is 5.34. The van der Waals surface area contributed by atoms with Gasteiger partial charge in [0, 0.05) is 30.7 Å². The zero-order valence-corrected chi connectivity index (χ0v) is 10.8. The summed E-state index contributed by atoms with van der Waals surface area (Å²) in [6.45, 7) is 4.73. The van der Waals surface area contributed by atoms with Gasteiger partial charge in [-0.25, -0.2) is 4.39 Å². The Balaban J connectivity index is 2.07. The van der Waals surface area contributed by atoms with E-state index in [1.807, 2.05) is 0 Å². The summed E-state index contributed by atoms with van der Waals surface area (Å²) in [7, 11) is 0. The first-order chi connectivity index (χ1) is 8.04. The third-order valence-corrected chi connectivity index (χ3v) is 3.54. The molecule has 2 N–H and O–H groups in total. The van der Waals surface area contributed by atoms with E-state index in [2.05, 4.69) is 11.8 Å². The Morgan fingerprint density at radius 1 is 1.47 bits per heavy atom. The minimum absolute atomic E-state index is 0.214. The summed E-state index contributed by atoms with van der Waals surface area (Å²) in [5.74, 6) is 0.352. The first-order valence-corrected chi connectivity index (χ1v) is 6.34. The van der Waals surface area contributed by atoms with Gasteiger partial charge >= 0.3 is 0 Å². The van der Waals surface area contributed by atoms with Crippen molar-refractivity contribution in [2.75, 3.05) is 13.1 Å². The molecule has 2 atom stereocenters. The maximum atomic E-state index is 13.2. The van der Waals surface area contributed by atoms with Crippen LogP contribution in [0.25, 0.3) is 0 Å². The van der Waals surface area contributed by atoms with E-state index in [4.69, 9.17) is 17.3 Å². The van der Waals surface area contributed by atoms with Gasteiger partial charge < -0.3 is 5.73 Å². The highest BCUT2D eigenvalue weighted by atomic mass is 35.5. The predicted octanol–water partition coefficient (Wildman–Crippen LogP) is 2.65. The summed E-state index contributed by atoms with van der Waals surface area (Å²) >= 11 is 6.06. The minimum Gasteiger partial charge on any atom is -0.327 e. The molecular formula is C13H18ClFN2. The summed E-state index contributed by atoms with van der Waals surface area (Å²) in [5.41, 5.74) is 6.83. The van der Waals surface area contributed by atoms with Crippen LogP contribution < -0.4 is 5.73 Å². The minimum atomic E-state index is -0.237. The Kier molecular flexibility index (Phi) is 4.02. The standard InChI is InChI=1S/C13H18ClFN2/c1-9-4-12(16)8-17(6-9)7-10-5-11(15)2-3-13(10)14/h2-3,5,9,12H,4,6-8,16H2,1H3. The van der Waals surface area contributed by atoms with Crippen LogP contribution in [0.4, 0.5) is 4.39 Å². The summed E-state index contributed by atoms with van der Waals surface area (Å²) in [4.78, 5) is 2.25. The van der Waals surface area contributed by atoms with E-state index >= 15 is 0 Å². The molecule has 4 heteroatoms. The zero-order chi connectivity index (χ0) is 12.4. The molecule has 17 heavy (non-hydrogen) atoms. The maximum Gasteiger partial charge on any atom is 0.123 e. The number of hydrogen-bond donors (Lipinski definition) is 1. The number of rotatable bonds is 2. The first-order valence-electron chi connectivity index (χ1n) is 5.96. The van der Waals surface area contributed by atoms with Gasteiger partial charge in [-0.2, -0.15) is 0 Å². The molecule has 0 saturated carbocycles. The van der Waals surface area contributed by atoms with Gasteiger partial charge in [0.15, 0.2) is 0 Å². The fraction of sp³-hybridized carbons (Fsp3) is 0.538. The van der Waals surface area contributed by atoms with Gasteiger partial charge in [-0.15, -0.1) is 0 Å². The van der Waals surface area contributed by atoms with Crippen molar-refractivity contribution in [1.29, 1.82) is 0 Å². The van der Waals surface area contributed by atoms with Crippen molar-refractivity contribution in [2.24, 2.45) is 11.7 Å². The topological polar surface area (TPSA) is 29.3 Å². The molecule has 0 aliphatic carbocycles. The van der Waals surface area contributed by atoms with Crippen LogP contribution in [-0.4, -0.2) is 24.0 Å². The van der Waals surface area contributed by atoms with E-state index in [1.165, 1.54) is 12.1 Å². The van der Waals surface area contributed by atoms with Crippen LogP contribution in [0.1, 0.15) is 18.9 Å². The number of benzene rings is 1. The van der Waals surface area contributed by atoms with Crippen molar-refractivity contribution in [3.05, 3.63) is 34.6 Å². The quantitative estimate of drug-likeness (QED) is 0.882. The average Bonchev–Trinajstić information content (AvgIpc) is 2.22. The lowest BCUT2D eigenvalue weighted by Crippen LogP contribution is -2.45. The van der Waals surface area contributed by atoms with Gasteiger partial charge in [0.1, 0.15) is 5.82 Å². The van der Waals surface area contributed by atoms with Gasteiger partial charge in [-0.1, -0.05) is 18.5 Å². The molecule has 0 amide bonds. The van der Waals surface area contributed by atoms with Crippen molar-refractivity contribution in [2.45, 2.75) is 25.9 Å². The first kappa shape index (κ1) is 12.8. The van der Waals surface area contributed by atoms with Gasteiger partial charge in [0.05, 0.1) is 0 Å². The summed E-state index contributed by atoms with van der Waals surface area (Å²) in [6, 6.07) is 4.72. The third kappa shape index (κ3) is 3.41. The number of likely N-dealkylation sites (tertiary alicyclic amines) is 1. The highest BCUT2D eigenvalue weighted by Gasteiger charge is 2.22. The molecule has 1 saturated heterocycles. The molecule has 1 aromatic rings. The summed E-state index contributed by atoms with van der Waals surface area (Å²) in [5, 5.41) is 0.623. The highest BCUT2D eigenvalue weighted by molar-refractivity contribution is 6.31. The maximum absolute atomic E-state index is 13.2. The van der Waals surface area contributed by atoms with Crippen molar-refractivity contribution < 1.29 is 4.39 Å². The van der Waals surface area contributed by atoms with E-state index in [9.17, 15) is 4.39 Å². The van der Waals surface area contributed by atoms with Crippen molar-refractivity contribution in [3.63, 3.8) is 0 Å². The fourth-order valence-corrected chi connectivity index (χ4v) is 2.72. The second-order valence-electron chi connectivity index (χ2n) is 5.03. The number of nitrogens with two attached hydrogens (primary N) is 1. The Hall–Kier alpha value is -0.640. The Bertz CT molecular complexity index is 387. The monoisotopic (exact) mass is 256 g/mol. The SMILES string of the molecule is CC1CC(N)CN(Cc2cc(F)ccc2Cl)C1. The summed E-state index contributed by atoms with van der Waals surface area (Å²) in [6.07, 6.45) is 1.06. The van der Waals surface area contributed by atoms with Crippen LogP contribution >= 0.6 is 11.6 Å². The lowest BCUT2D eigenvalue weighted by atomic mass is 9.96. The van der Waals surface area contributed by atoms with E-state index in [-0.39, 0.29) is 11.9 Å². The van der Waals surface area contributed by atoms with Crippen molar-refractivity contribution >= 4 is 11.6 Å². The molecule has 1 aliphatic rings. The fourth-order valence-electron chi connectivity index (χ4n) is 2.55. The number of nitrogens with zero attached hydrogens (tertiary/aromatic N) is 1. The molecule has 0 radical (unpaired) electrons. The largest absolute Gasteiger partial charge is 0.327 e. The molecule has 0 bridgehead atoms. The lowest BCUT2D eigenvalue weighted by Gasteiger charge is -2.34. The Labute approximate surface area is 107 Å². The van der Waals surface area contributed by atoms with E-state index in [1.54, 1.807) is 6.07 Å². The van der Waals surface area contributed by atoms with Gasteiger partial charge in [0.2, 0.25) is 0 Å². The van der Waals surface area contributed by atoms with Crippen molar-refractivity contribution in [3.8, 4) is 0 Å². The number of hydrogen-bond acceptors (Lipinski definition) is 2. The van der Waals surface area contributed by atoms with Crippen molar-refractivity contribution in [1.82, 2.24) is 4.90 Å². The Morgan fingerprint density at radius 2 is 2.24 bits per heavy atom. The Morgan fingerprint density at radius 3 is 2.94 bits per heavy atom. The molecule has 1 heterocycles. The smallest absolute Gasteiger partial charge is 0.123 e. The zero-order valence-electron chi connectivity index (χ0n) is 10.00. The summed E-state index contributed by atoms with van der Waals surface area (Å²) < 4.78 is 13.2. The molecule has 1 aliphatic heterocycles. The molecule has 0 aromatic heterocycles. The molecule has 2 rings (SSSR count). The normalized spacial score (nSPS) is 26.1. The van der Waals surface area contributed by atoms with Crippen LogP contribution in [0.5, 0.6) is 0 Å². The van der Waals surface area contributed by atoms with Crippen LogP contribution in [-0.2, 0) is 6.54 Å². The molecule has 2 nitrogen and oxygen atoms in total. The molecular weight excluding hydrogens is 239 g/mol. The molecule has 2 unspecified atom stereocenters.